The summed E-state index contributed by atoms with van der Waals surface area (Å²) in [7, 11) is 0. The smallest absolute Gasteiger partial charge is 0.119 e. The van der Waals surface area contributed by atoms with Gasteiger partial charge in [0.15, 0.2) is 0 Å². The van der Waals surface area contributed by atoms with Crippen molar-refractivity contribution in [1.82, 2.24) is 4.98 Å². The zero-order valence-corrected chi connectivity index (χ0v) is 10.2. The van der Waals surface area contributed by atoms with Gasteiger partial charge in [0.2, 0.25) is 0 Å². The van der Waals surface area contributed by atoms with Crippen molar-refractivity contribution in [2.75, 3.05) is 0 Å². The zero-order valence-electron chi connectivity index (χ0n) is 8.62. The molecule has 80 valence electrons. The van der Waals surface area contributed by atoms with Gasteiger partial charge < -0.3 is 4.74 Å². The highest BCUT2D eigenvalue weighted by atomic mass is 35.5. The van der Waals surface area contributed by atoms with Crippen LogP contribution in [-0.2, 0) is 17.2 Å². The molecule has 0 fully saturated rings. The molecule has 1 aromatic rings. The molecule has 0 radical (unpaired) electrons. The monoisotopic (exact) mass is 233 g/mol. The second kappa shape index (κ2) is 6.38. The predicted octanol–water partition coefficient (Wildman–Crippen LogP) is 3.59. The third kappa shape index (κ3) is 3.95. The molecule has 0 N–H and O–H groups in total. The summed E-state index contributed by atoms with van der Waals surface area (Å²) in [5.74, 6) is 0.487. The summed E-state index contributed by atoms with van der Waals surface area (Å²) in [6.45, 7) is 4.87. The molecule has 0 bridgehead atoms. The molecule has 1 rings (SSSR count). The molecule has 4 heteroatoms. The molecule has 0 spiro atoms. The zero-order chi connectivity index (χ0) is 10.4. The molecule has 0 amide bonds. The van der Waals surface area contributed by atoms with Gasteiger partial charge in [0, 0.05) is 5.38 Å². The first-order chi connectivity index (χ1) is 6.76. The SMILES string of the molecule is CCCC(C)OCc1nc(CCl)cs1. The Labute approximate surface area is 94.3 Å². The number of aromatic nitrogens is 1. The van der Waals surface area contributed by atoms with Crippen molar-refractivity contribution in [3.05, 3.63) is 16.1 Å². The lowest BCUT2D eigenvalue weighted by atomic mass is 10.2. The molecule has 14 heavy (non-hydrogen) atoms. The van der Waals surface area contributed by atoms with Crippen LogP contribution in [0.4, 0.5) is 0 Å². The van der Waals surface area contributed by atoms with Crippen LogP contribution < -0.4 is 0 Å². The molecular formula is C10H16ClNOS. The number of ether oxygens (including phenoxy) is 1. The minimum atomic E-state index is 0.323. The van der Waals surface area contributed by atoms with Gasteiger partial charge >= 0.3 is 0 Å². The molecule has 1 heterocycles. The van der Waals surface area contributed by atoms with E-state index >= 15 is 0 Å². The van der Waals surface area contributed by atoms with Gasteiger partial charge in [0.25, 0.3) is 0 Å². The predicted molar refractivity (Wildman–Crippen MR) is 60.8 cm³/mol. The molecule has 0 aliphatic heterocycles. The first-order valence-corrected chi connectivity index (χ1v) is 6.28. The minimum absolute atomic E-state index is 0.323. The van der Waals surface area contributed by atoms with E-state index in [1.807, 2.05) is 5.38 Å². The van der Waals surface area contributed by atoms with E-state index in [0.717, 1.165) is 23.5 Å². The fourth-order valence-electron chi connectivity index (χ4n) is 1.18. The van der Waals surface area contributed by atoms with Crippen molar-refractivity contribution in [3.8, 4) is 0 Å². The molecular weight excluding hydrogens is 218 g/mol. The summed E-state index contributed by atoms with van der Waals surface area (Å²) in [4.78, 5) is 4.32. The molecule has 0 aliphatic rings. The lowest BCUT2D eigenvalue weighted by molar-refractivity contribution is 0.0470. The molecule has 1 aromatic heterocycles. The average Bonchev–Trinajstić information content (AvgIpc) is 2.63. The van der Waals surface area contributed by atoms with E-state index in [9.17, 15) is 0 Å². The number of alkyl halides is 1. The summed E-state index contributed by atoms with van der Waals surface area (Å²) in [6, 6.07) is 0. The molecule has 1 atom stereocenters. The molecule has 0 aromatic carbocycles. The van der Waals surface area contributed by atoms with Crippen molar-refractivity contribution in [2.45, 2.75) is 45.3 Å². The van der Waals surface area contributed by atoms with Crippen molar-refractivity contribution < 1.29 is 4.74 Å². The summed E-state index contributed by atoms with van der Waals surface area (Å²) in [5.41, 5.74) is 0.943. The van der Waals surface area contributed by atoms with Crippen LogP contribution in [0, 0.1) is 0 Å². The van der Waals surface area contributed by atoms with Crippen LogP contribution in [0.2, 0.25) is 0 Å². The second-order valence-corrected chi connectivity index (χ2v) is 4.49. The Morgan fingerprint density at radius 2 is 2.43 bits per heavy atom. The maximum absolute atomic E-state index is 5.66. The highest BCUT2D eigenvalue weighted by Crippen LogP contribution is 2.14. The summed E-state index contributed by atoms with van der Waals surface area (Å²) < 4.78 is 5.63. The maximum atomic E-state index is 5.66. The van der Waals surface area contributed by atoms with E-state index in [0.29, 0.717) is 18.6 Å². The van der Waals surface area contributed by atoms with Crippen molar-refractivity contribution >= 4 is 22.9 Å². The van der Waals surface area contributed by atoms with Gasteiger partial charge in [-0.2, -0.15) is 0 Å². The van der Waals surface area contributed by atoms with E-state index in [-0.39, 0.29) is 0 Å². The number of halogens is 1. The second-order valence-electron chi connectivity index (χ2n) is 3.28. The van der Waals surface area contributed by atoms with E-state index in [1.165, 1.54) is 0 Å². The molecule has 0 aliphatic carbocycles. The van der Waals surface area contributed by atoms with Crippen molar-refractivity contribution in [3.63, 3.8) is 0 Å². The Bertz CT molecular complexity index is 264. The van der Waals surface area contributed by atoms with Crippen molar-refractivity contribution in [1.29, 1.82) is 0 Å². The van der Waals surface area contributed by atoms with Crippen LogP contribution >= 0.6 is 22.9 Å². The number of hydrogen-bond acceptors (Lipinski definition) is 3. The summed E-state index contributed by atoms with van der Waals surface area (Å²) in [6.07, 6.45) is 2.59. The first-order valence-electron chi connectivity index (χ1n) is 4.87. The van der Waals surface area contributed by atoms with E-state index in [1.54, 1.807) is 11.3 Å². The third-order valence-corrected chi connectivity index (χ3v) is 3.07. The third-order valence-electron chi connectivity index (χ3n) is 1.92. The number of nitrogens with zero attached hydrogens (tertiary/aromatic N) is 1. The Morgan fingerprint density at radius 1 is 1.64 bits per heavy atom. The van der Waals surface area contributed by atoms with Gasteiger partial charge in [0.1, 0.15) is 5.01 Å². The summed E-state index contributed by atoms with van der Waals surface area (Å²) >= 11 is 7.27. The normalized spacial score (nSPS) is 13.1. The van der Waals surface area contributed by atoms with Crippen LogP contribution in [0.15, 0.2) is 5.38 Å². The average molecular weight is 234 g/mol. The van der Waals surface area contributed by atoms with E-state index in [4.69, 9.17) is 16.3 Å². The number of thiazole rings is 1. The summed E-state index contributed by atoms with van der Waals surface area (Å²) in [5, 5.41) is 3.00. The van der Waals surface area contributed by atoms with Crippen LogP contribution in [0.5, 0.6) is 0 Å². The van der Waals surface area contributed by atoms with E-state index in [2.05, 4.69) is 18.8 Å². The quantitative estimate of drug-likeness (QED) is 0.701. The number of rotatable bonds is 6. The fourth-order valence-corrected chi connectivity index (χ4v) is 2.12. The van der Waals surface area contributed by atoms with Crippen LogP contribution in [0.25, 0.3) is 0 Å². The molecule has 0 saturated carbocycles. The Kier molecular flexibility index (Phi) is 5.45. The first kappa shape index (κ1) is 12.0. The Hall–Kier alpha value is -0.120. The van der Waals surface area contributed by atoms with E-state index < -0.39 is 0 Å². The largest absolute Gasteiger partial charge is 0.371 e. The Morgan fingerprint density at radius 3 is 3.00 bits per heavy atom. The lowest BCUT2D eigenvalue weighted by Crippen LogP contribution is -2.07. The molecule has 2 nitrogen and oxygen atoms in total. The van der Waals surface area contributed by atoms with Crippen LogP contribution in [0.1, 0.15) is 37.4 Å². The maximum Gasteiger partial charge on any atom is 0.119 e. The molecule has 1 unspecified atom stereocenters. The Balaban J connectivity index is 2.30. The molecule has 0 saturated heterocycles. The van der Waals surface area contributed by atoms with Crippen LogP contribution in [-0.4, -0.2) is 11.1 Å². The van der Waals surface area contributed by atoms with Gasteiger partial charge in [-0.1, -0.05) is 13.3 Å². The van der Waals surface area contributed by atoms with Gasteiger partial charge in [0.05, 0.1) is 24.3 Å². The van der Waals surface area contributed by atoms with Crippen molar-refractivity contribution in [2.24, 2.45) is 0 Å². The van der Waals surface area contributed by atoms with Gasteiger partial charge in [-0.05, 0) is 13.3 Å². The standard InChI is InChI=1S/C10H16ClNOS/c1-3-4-8(2)13-6-10-12-9(5-11)7-14-10/h7-8H,3-6H2,1-2H3. The minimum Gasteiger partial charge on any atom is -0.371 e. The number of hydrogen-bond donors (Lipinski definition) is 0. The highest BCUT2D eigenvalue weighted by Gasteiger charge is 2.04. The van der Waals surface area contributed by atoms with Gasteiger partial charge in [-0.3, -0.25) is 0 Å². The van der Waals surface area contributed by atoms with Gasteiger partial charge in [-0.25, -0.2) is 4.98 Å². The van der Waals surface area contributed by atoms with Gasteiger partial charge in [-0.15, -0.1) is 22.9 Å². The topological polar surface area (TPSA) is 22.1 Å². The highest BCUT2D eigenvalue weighted by molar-refractivity contribution is 7.09. The fraction of sp³-hybridized carbons (Fsp3) is 0.700. The van der Waals surface area contributed by atoms with Crippen LogP contribution in [0.3, 0.4) is 0 Å². The lowest BCUT2D eigenvalue weighted by Gasteiger charge is -2.09.